The number of hydrogen-bond acceptors (Lipinski definition) is 6. The molecule has 4 N–H and O–H groups in total. The highest BCUT2D eigenvalue weighted by atomic mass is 32.2. The highest BCUT2D eigenvalue weighted by molar-refractivity contribution is 7.99. The van der Waals surface area contributed by atoms with Crippen molar-refractivity contribution < 1.29 is 9.59 Å². The molecule has 0 saturated heterocycles. The number of anilines is 1. The Morgan fingerprint density at radius 3 is 2.73 bits per heavy atom. The van der Waals surface area contributed by atoms with E-state index < -0.39 is 5.91 Å². The molecule has 0 saturated carbocycles. The minimum absolute atomic E-state index is 0.000771. The smallest absolute Gasteiger partial charge is 0.273 e. The zero-order chi connectivity index (χ0) is 16.1. The van der Waals surface area contributed by atoms with Gasteiger partial charge in [-0.15, -0.1) is 10.2 Å². The van der Waals surface area contributed by atoms with Crippen LogP contribution in [0.2, 0.25) is 0 Å². The molecule has 0 aliphatic heterocycles. The first kappa shape index (κ1) is 15.7. The second kappa shape index (κ2) is 6.85. The highest BCUT2D eigenvalue weighted by Crippen LogP contribution is 2.16. The Labute approximate surface area is 129 Å². The number of aromatic nitrogens is 3. The van der Waals surface area contributed by atoms with Gasteiger partial charge in [-0.25, -0.2) is 0 Å². The molecule has 9 heteroatoms. The van der Waals surface area contributed by atoms with Crippen LogP contribution in [0, 0.1) is 6.92 Å². The largest absolute Gasteiger partial charge is 0.366 e. The van der Waals surface area contributed by atoms with Crippen LogP contribution in [-0.4, -0.2) is 32.7 Å². The van der Waals surface area contributed by atoms with Crippen LogP contribution in [0.15, 0.2) is 34.2 Å². The van der Waals surface area contributed by atoms with E-state index in [1.807, 2.05) is 0 Å². The number of thioether (sulfide) groups is 1. The van der Waals surface area contributed by atoms with Crippen molar-refractivity contribution in [3.05, 3.63) is 45.9 Å². The second-order valence-corrected chi connectivity index (χ2v) is 5.26. The summed E-state index contributed by atoms with van der Waals surface area (Å²) < 4.78 is 0. The lowest BCUT2D eigenvalue weighted by Crippen LogP contribution is -2.20. The molecule has 1 aromatic heterocycles. The average Bonchev–Trinajstić information content (AvgIpc) is 2.49. The highest BCUT2D eigenvalue weighted by Gasteiger charge is 2.11. The molecule has 0 bridgehead atoms. The molecule has 2 amide bonds. The molecule has 8 nitrogen and oxygen atoms in total. The number of rotatable bonds is 5. The van der Waals surface area contributed by atoms with Crippen molar-refractivity contribution in [2.75, 3.05) is 11.1 Å². The second-order valence-electron chi connectivity index (χ2n) is 4.29. The van der Waals surface area contributed by atoms with Gasteiger partial charge in [0.15, 0.2) is 5.16 Å². The fourth-order valence-corrected chi connectivity index (χ4v) is 2.17. The van der Waals surface area contributed by atoms with Crippen molar-refractivity contribution >= 4 is 29.3 Å². The Kier molecular flexibility index (Phi) is 4.89. The van der Waals surface area contributed by atoms with Gasteiger partial charge >= 0.3 is 0 Å². The summed E-state index contributed by atoms with van der Waals surface area (Å²) >= 11 is 1.03. The zero-order valence-electron chi connectivity index (χ0n) is 11.6. The Balaban J connectivity index is 2.00. The number of carbonyl (C=O) groups excluding carboxylic acids is 2. The van der Waals surface area contributed by atoms with Crippen molar-refractivity contribution in [2.24, 2.45) is 5.73 Å². The van der Waals surface area contributed by atoms with Gasteiger partial charge in [-0.05, 0) is 19.1 Å². The summed E-state index contributed by atoms with van der Waals surface area (Å²) in [4.78, 5) is 37.0. The number of aromatic amines is 1. The number of aryl methyl sites for hydroxylation is 1. The number of amides is 2. The fraction of sp³-hybridized carbons (Fsp3) is 0.154. The van der Waals surface area contributed by atoms with Gasteiger partial charge in [-0.1, -0.05) is 23.9 Å². The maximum atomic E-state index is 11.9. The van der Waals surface area contributed by atoms with Crippen LogP contribution in [0.5, 0.6) is 0 Å². The summed E-state index contributed by atoms with van der Waals surface area (Å²) in [6, 6.07) is 6.43. The van der Waals surface area contributed by atoms with E-state index in [-0.39, 0.29) is 33.6 Å². The number of carbonyl (C=O) groups is 2. The van der Waals surface area contributed by atoms with Gasteiger partial charge in [0.2, 0.25) is 5.91 Å². The first-order valence-corrected chi connectivity index (χ1v) is 7.21. The Morgan fingerprint density at radius 2 is 2.05 bits per heavy atom. The lowest BCUT2D eigenvalue weighted by Gasteiger charge is -2.08. The van der Waals surface area contributed by atoms with Crippen molar-refractivity contribution in [1.29, 1.82) is 0 Å². The number of nitrogens with one attached hydrogen (secondary N) is 2. The fourth-order valence-electron chi connectivity index (χ4n) is 1.57. The maximum absolute atomic E-state index is 11.9. The summed E-state index contributed by atoms with van der Waals surface area (Å²) in [7, 11) is 0. The van der Waals surface area contributed by atoms with E-state index in [1.54, 1.807) is 18.2 Å². The molecule has 0 unspecified atom stereocenters. The Morgan fingerprint density at radius 1 is 1.32 bits per heavy atom. The Hall–Kier alpha value is -2.68. The number of primary amides is 1. The normalized spacial score (nSPS) is 10.2. The zero-order valence-corrected chi connectivity index (χ0v) is 12.4. The van der Waals surface area contributed by atoms with Crippen LogP contribution in [-0.2, 0) is 4.79 Å². The standard InChI is InChI=1S/C13H13N5O3S/c1-7-12(21)16-13(18-17-7)22-6-10(19)15-9-5-3-2-4-8(9)11(14)20/h2-5H,6H2,1H3,(H2,14,20)(H,15,19)(H,16,18,21). The third-order valence-corrected chi connectivity index (χ3v) is 3.51. The molecule has 0 fully saturated rings. The monoisotopic (exact) mass is 319 g/mol. The summed E-state index contributed by atoms with van der Waals surface area (Å²) in [6.07, 6.45) is 0. The number of benzene rings is 1. The number of nitrogens with zero attached hydrogens (tertiary/aromatic N) is 2. The van der Waals surface area contributed by atoms with Crippen molar-refractivity contribution in [3.63, 3.8) is 0 Å². The molecular formula is C13H13N5O3S. The lowest BCUT2D eigenvalue weighted by molar-refractivity contribution is -0.113. The van der Waals surface area contributed by atoms with E-state index in [9.17, 15) is 14.4 Å². The first-order chi connectivity index (χ1) is 10.5. The number of nitrogens with two attached hydrogens (primary N) is 1. The van der Waals surface area contributed by atoms with Crippen LogP contribution in [0.3, 0.4) is 0 Å². The minimum atomic E-state index is -0.628. The Bertz CT molecular complexity index is 774. The van der Waals surface area contributed by atoms with E-state index in [0.717, 1.165) is 11.8 Å². The van der Waals surface area contributed by atoms with Crippen molar-refractivity contribution in [2.45, 2.75) is 12.1 Å². The average molecular weight is 319 g/mol. The molecular weight excluding hydrogens is 306 g/mol. The van der Waals surface area contributed by atoms with Crippen molar-refractivity contribution in [1.82, 2.24) is 15.2 Å². The molecule has 0 aliphatic rings. The van der Waals surface area contributed by atoms with Gasteiger partial charge in [-0.2, -0.15) is 0 Å². The van der Waals surface area contributed by atoms with E-state index in [1.165, 1.54) is 13.0 Å². The number of hydrogen-bond donors (Lipinski definition) is 3. The third-order valence-electron chi connectivity index (χ3n) is 2.65. The van der Waals surface area contributed by atoms with Gasteiger partial charge in [0.25, 0.3) is 11.5 Å². The molecule has 0 aliphatic carbocycles. The van der Waals surface area contributed by atoms with Crippen LogP contribution >= 0.6 is 11.8 Å². The number of para-hydroxylation sites is 1. The molecule has 2 aromatic rings. The summed E-state index contributed by atoms with van der Waals surface area (Å²) in [5.41, 5.74) is 5.70. The maximum Gasteiger partial charge on any atom is 0.273 e. The summed E-state index contributed by atoms with van der Waals surface area (Å²) in [5, 5.41) is 10.3. The molecule has 22 heavy (non-hydrogen) atoms. The summed E-state index contributed by atoms with van der Waals surface area (Å²) in [5.74, 6) is -0.986. The van der Waals surface area contributed by atoms with Gasteiger partial charge in [0.05, 0.1) is 17.0 Å². The van der Waals surface area contributed by atoms with E-state index in [4.69, 9.17) is 5.73 Å². The van der Waals surface area contributed by atoms with Crippen molar-refractivity contribution in [3.8, 4) is 0 Å². The molecule has 0 spiro atoms. The molecule has 1 aromatic carbocycles. The molecule has 114 valence electrons. The molecule has 2 rings (SSSR count). The third kappa shape index (κ3) is 3.92. The van der Waals surface area contributed by atoms with Crippen LogP contribution in [0.1, 0.15) is 16.1 Å². The molecule has 0 atom stereocenters. The predicted octanol–water partition coefficient (Wildman–Crippen LogP) is 0.303. The van der Waals surface area contributed by atoms with Crippen LogP contribution in [0.4, 0.5) is 5.69 Å². The molecule has 1 heterocycles. The quantitative estimate of drug-likeness (QED) is 0.679. The van der Waals surface area contributed by atoms with Crippen LogP contribution < -0.4 is 16.6 Å². The summed E-state index contributed by atoms with van der Waals surface area (Å²) in [6.45, 7) is 1.54. The van der Waals surface area contributed by atoms with Gasteiger partial charge in [0.1, 0.15) is 5.69 Å². The van der Waals surface area contributed by atoms with Gasteiger partial charge in [0, 0.05) is 0 Å². The topological polar surface area (TPSA) is 131 Å². The number of H-pyrrole nitrogens is 1. The lowest BCUT2D eigenvalue weighted by atomic mass is 10.1. The van der Waals surface area contributed by atoms with E-state index in [2.05, 4.69) is 20.5 Å². The van der Waals surface area contributed by atoms with Gasteiger partial charge in [-0.3, -0.25) is 19.4 Å². The van der Waals surface area contributed by atoms with Crippen LogP contribution in [0.25, 0.3) is 0 Å². The molecule has 0 radical (unpaired) electrons. The van der Waals surface area contributed by atoms with Gasteiger partial charge < -0.3 is 11.1 Å². The van der Waals surface area contributed by atoms with E-state index >= 15 is 0 Å². The first-order valence-electron chi connectivity index (χ1n) is 6.22. The SMILES string of the molecule is Cc1nnc(SCC(=O)Nc2ccccc2C(N)=O)[nH]c1=O. The predicted molar refractivity (Wildman–Crippen MR) is 81.7 cm³/mol. The van der Waals surface area contributed by atoms with E-state index in [0.29, 0.717) is 5.69 Å². The minimum Gasteiger partial charge on any atom is -0.366 e.